The van der Waals surface area contributed by atoms with Crippen LogP contribution in [-0.2, 0) is 10.0 Å². The van der Waals surface area contributed by atoms with Gasteiger partial charge in [0.05, 0.1) is 19.1 Å². The molecule has 0 aromatic heterocycles. The molecule has 0 radical (unpaired) electrons. The van der Waals surface area contributed by atoms with Crippen molar-refractivity contribution < 1.29 is 17.9 Å². The maximum absolute atomic E-state index is 12.7. The zero-order chi connectivity index (χ0) is 18.4. The van der Waals surface area contributed by atoms with Crippen LogP contribution in [0, 0.1) is 5.92 Å². The molecule has 1 fully saturated rings. The quantitative estimate of drug-likeness (QED) is 0.761. The van der Waals surface area contributed by atoms with Crippen LogP contribution in [0.1, 0.15) is 33.1 Å². The predicted molar refractivity (Wildman–Crippen MR) is 98.8 cm³/mol. The molecule has 0 aliphatic carbocycles. The van der Waals surface area contributed by atoms with Crippen LogP contribution in [0.4, 0.5) is 0 Å². The van der Waals surface area contributed by atoms with E-state index in [1.807, 2.05) is 0 Å². The Morgan fingerprint density at radius 2 is 1.72 bits per heavy atom. The number of sulfonamides is 1. The first kappa shape index (κ1) is 20.0. The lowest BCUT2D eigenvalue weighted by Crippen LogP contribution is -2.48. The Kier molecular flexibility index (Phi) is 7.10. The molecule has 1 N–H and O–H groups in total. The van der Waals surface area contributed by atoms with Gasteiger partial charge >= 0.3 is 0 Å². The zero-order valence-electron chi connectivity index (χ0n) is 15.6. The average Bonchev–Trinajstić information content (AvgIpc) is 2.61. The molecule has 1 aliphatic heterocycles. The van der Waals surface area contributed by atoms with Crippen molar-refractivity contribution in [2.75, 3.05) is 33.9 Å². The molecular formula is C18H30N2O4S. The highest BCUT2D eigenvalue weighted by Gasteiger charge is 2.26. The Bertz CT molecular complexity index is 655. The first-order chi connectivity index (χ1) is 11.9. The molecular weight excluding hydrogens is 340 g/mol. The number of nitrogens with one attached hydrogen (secondary N) is 1. The van der Waals surface area contributed by atoms with E-state index in [2.05, 4.69) is 23.5 Å². The van der Waals surface area contributed by atoms with E-state index in [-0.39, 0.29) is 10.9 Å². The minimum Gasteiger partial charge on any atom is -0.493 e. The molecule has 0 spiro atoms. The van der Waals surface area contributed by atoms with E-state index in [0.29, 0.717) is 24.0 Å². The van der Waals surface area contributed by atoms with Gasteiger partial charge in [-0.05, 0) is 44.0 Å². The number of hydrogen-bond donors (Lipinski definition) is 1. The summed E-state index contributed by atoms with van der Waals surface area (Å²) >= 11 is 0. The smallest absolute Gasteiger partial charge is 0.240 e. The van der Waals surface area contributed by atoms with E-state index >= 15 is 0 Å². The van der Waals surface area contributed by atoms with E-state index in [9.17, 15) is 8.42 Å². The van der Waals surface area contributed by atoms with Crippen molar-refractivity contribution in [1.82, 2.24) is 9.62 Å². The Hall–Kier alpha value is -1.31. The molecule has 0 bridgehead atoms. The van der Waals surface area contributed by atoms with Crippen LogP contribution in [-0.4, -0.2) is 53.2 Å². The van der Waals surface area contributed by atoms with Crippen molar-refractivity contribution in [3.05, 3.63) is 18.2 Å². The molecule has 142 valence electrons. The van der Waals surface area contributed by atoms with Crippen molar-refractivity contribution in [1.29, 1.82) is 0 Å². The van der Waals surface area contributed by atoms with Crippen LogP contribution in [0.5, 0.6) is 11.5 Å². The van der Waals surface area contributed by atoms with Crippen LogP contribution in [0.2, 0.25) is 0 Å². The minimum atomic E-state index is -3.60. The van der Waals surface area contributed by atoms with Gasteiger partial charge in [0.15, 0.2) is 11.5 Å². The number of piperidine rings is 1. The lowest BCUT2D eigenvalue weighted by Gasteiger charge is -2.37. The van der Waals surface area contributed by atoms with Crippen molar-refractivity contribution in [2.24, 2.45) is 5.92 Å². The first-order valence-electron chi connectivity index (χ1n) is 8.84. The summed E-state index contributed by atoms with van der Waals surface area (Å²) in [5.41, 5.74) is 0. The molecule has 1 heterocycles. The topological polar surface area (TPSA) is 67.9 Å². The summed E-state index contributed by atoms with van der Waals surface area (Å²) < 4.78 is 38.5. The second-order valence-electron chi connectivity index (χ2n) is 6.78. The summed E-state index contributed by atoms with van der Waals surface area (Å²) in [5, 5.41) is 0. The molecule has 1 saturated heterocycles. The highest BCUT2D eigenvalue weighted by atomic mass is 32.2. The lowest BCUT2D eigenvalue weighted by atomic mass is 9.99. The molecule has 1 atom stereocenters. The van der Waals surface area contributed by atoms with Gasteiger partial charge in [0.1, 0.15) is 0 Å². The molecule has 0 amide bonds. The standard InChI is InChI=1S/C18H30N2O4S/c1-14(2)16(20-10-6-5-7-11-20)13-19-25(21,22)15-8-9-17(23-3)18(12-15)24-4/h8-9,12,14,16,19H,5-7,10-11,13H2,1-4H3. The maximum Gasteiger partial charge on any atom is 0.240 e. The summed E-state index contributed by atoms with van der Waals surface area (Å²) in [5.74, 6) is 1.29. The highest BCUT2D eigenvalue weighted by Crippen LogP contribution is 2.29. The Morgan fingerprint density at radius 3 is 2.28 bits per heavy atom. The van der Waals surface area contributed by atoms with Crippen LogP contribution in [0.3, 0.4) is 0 Å². The van der Waals surface area contributed by atoms with Gasteiger partial charge in [-0.15, -0.1) is 0 Å². The zero-order valence-corrected chi connectivity index (χ0v) is 16.4. The first-order valence-corrected chi connectivity index (χ1v) is 10.3. The number of ether oxygens (including phenoxy) is 2. The third kappa shape index (κ3) is 5.09. The van der Waals surface area contributed by atoms with Gasteiger partial charge in [0.25, 0.3) is 0 Å². The van der Waals surface area contributed by atoms with Gasteiger partial charge in [0, 0.05) is 18.7 Å². The Balaban J connectivity index is 2.11. The molecule has 2 rings (SSSR count). The van der Waals surface area contributed by atoms with E-state index < -0.39 is 10.0 Å². The van der Waals surface area contributed by atoms with Crippen molar-refractivity contribution in [3.63, 3.8) is 0 Å². The molecule has 1 unspecified atom stereocenters. The van der Waals surface area contributed by atoms with E-state index in [1.54, 1.807) is 6.07 Å². The number of nitrogens with zero attached hydrogens (tertiary/aromatic N) is 1. The van der Waals surface area contributed by atoms with Gasteiger partial charge in [-0.3, -0.25) is 4.90 Å². The van der Waals surface area contributed by atoms with Gasteiger partial charge < -0.3 is 9.47 Å². The molecule has 7 heteroatoms. The third-order valence-electron chi connectivity index (χ3n) is 4.78. The molecule has 1 aromatic carbocycles. The fourth-order valence-corrected chi connectivity index (χ4v) is 4.36. The number of methoxy groups -OCH3 is 2. The molecule has 1 aliphatic rings. The van der Waals surface area contributed by atoms with Crippen molar-refractivity contribution in [2.45, 2.75) is 44.0 Å². The number of rotatable bonds is 8. The summed E-state index contributed by atoms with van der Waals surface area (Å²) in [6, 6.07) is 4.84. The summed E-state index contributed by atoms with van der Waals surface area (Å²) in [6.07, 6.45) is 3.63. The third-order valence-corrected chi connectivity index (χ3v) is 6.20. The van der Waals surface area contributed by atoms with E-state index in [1.165, 1.54) is 45.6 Å². The van der Waals surface area contributed by atoms with Crippen LogP contribution in [0.25, 0.3) is 0 Å². The molecule has 0 saturated carbocycles. The molecule has 1 aromatic rings. The lowest BCUT2D eigenvalue weighted by molar-refractivity contribution is 0.130. The highest BCUT2D eigenvalue weighted by molar-refractivity contribution is 7.89. The summed E-state index contributed by atoms with van der Waals surface area (Å²) in [4.78, 5) is 2.59. The summed E-state index contributed by atoms with van der Waals surface area (Å²) in [6.45, 7) is 6.78. The van der Waals surface area contributed by atoms with Crippen LogP contribution in [0.15, 0.2) is 23.1 Å². The SMILES string of the molecule is COc1ccc(S(=O)(=O)NCC(C(C)C)N2CCCCC2)cc1OC. The number of hydrogen-bond acceptors (Lipinski definition) is 5. The van der Waals surface area contributed by atoms with Gasteiger partial charge in [0.2, 0.25) is 10.0 Å². The fraction of sp³-hybridized carbons (Fsp3) is 0.667. The van der Waals surface area contributed by atoms with Crippen LogP contribution >= 0.6 is 0 Å². The van der Waals surface area contributed by atoms with Gasteiger partial charge in [-0.2, -0.15) is 0 Å². The van der Waals surface area contributed by atoms with Gasteiger partial charge in [-0.1, -0.05) is 20.3 Å². The second kappa shape index (κ2) is 8.87. The molecule has 25 heavy (non-hydrogen) atoms. The van der Waals surface area contributed by atoms with E-state index in [0.717, 1.165) is 13.1 Å². The Labute approximate surface area is 151 Å². The average molecular weight is 371 g/mol. The maximum atomic E-state index is 12.7. The van der Waals surface area contributed by atoms with Crippen LogP contribution < -0.4 is 14.2 Å². The minimum absolute atomic E-state index is 0.186. The normalized spacial score (nSPS) is 17.5. The van der Waals surface area contributed by atoms with Gasteiger partial charge in [-0.25, -0.2) is 13.1 Å². The summed E-state index contributed by atoms with van der Waals surface area (Å²) in [7, 11) is -0.580. The van der Waals surface area contributed by atoms with Crippen molar-refractivity contribution in [3.8, 4) is 11.5 Å². The number of benzene rings is 1. The Morgan fingerprint density at radius 1 is 1.08 bits per heavy atom. The second-order valence-corrected chi connectivity index (χ2v) is 8.54. The monoisotopic (exact) mass is 370 g/mol. The fourth-order valence-electron chi connectivity index (χ4n) is 3.30. The van der Waals surface area contributed by atoms with E-state index in [4.69, 9.17) is 9.47 Å². The largest absolute Gasteiger partial charge is 0.493 e. The molecule has 6 nitrogen and oxygen atoms in total. The predicted octanol–water partition coefficient (Wildman–Crippen LogP) is 2.49. The van der Waals surface area contributed by atoms with Crippen molar-refractivity contribution >= 4 is 10.0 Å². The number of likely N-dealkylation sites (tertiary alicyclic amines) is 1.